The van der Waals surface area contributed by atoms with Crippen molar-refractivity contribution in [2.45, 2.75) is 47.1 Å². The molecule has 0 fully saturated rings. The van der Waals surface area contributed by atoms with Crippen LogP contribution in [0.5, 0.6) is 0 Å². The molecule has 0 radical (unpaired) electrons. The fraction of sp³-hybridized carbons (Fsp3) is 0.800. The average molecular weight is 266 g/mol. The molecular weight excluding hydrogens is 236 g/mol. The van der Waals surface area contributed by atoms with Gasteiger partial charge in [-0.15, -0.1) is 0 Å². The molecule has 0 bridgehead atoms. The Hall–Kier alpha value is -1.03. The van der Waals surface area contributed by atoms with Gasteiger partial charge in [-0.3, -0.25) is 4.68 Å². The van der Waals surface area contributed by atoms with E-state index in [1.54, 1.807) is 0 Å². The summed E-state index contributed by atoms with van der Waals surface area (Å²) in [5.74, 6) is 2.14. The van der Waals surface area contributed by atoms with Crippen LogP contribution in [0.2, 0.25) is 0 Å². The van der Waals surface area contributed by atoms with Crippen molar-refractivity contribution in [1.82, 2.24) is 14.7 Å². The molecule has 110 valence electrons. The van der Waals surface area contributed by atoms with E-state index in [2.05, 4.69) is 37.7 Å². The zero-order valence-electron chi connectivity index (χ0n) is 13.0. The lowest BCUT2D eigenvalue weighted by Crippen LogP contribution is -2.31. The molecule has 0 amide bonds. The van der Waals surface area contributed by atoms with Crippen LogP contribution >= 0.6 is 0 Å². The third-order valence-corrected chi connectivity index (χ3v) is 3.35. The van der Waals surface area contributed by atoms with E-state index in [0.29, 0.717) is 5.82 Å². The number of anilines is 1. The van der Waals surface area contributed by atoms with Crippen molar-refractivity contribution in [2.75, 3.05) is 25.4 Å². The Kier molecular flexibility index (Phi) is 6.92. The van der Waals surface area contributed by atoms with Crippen LogP contribution < -0.4 is 5.73 Å². The highest BCUT2D eigenvalue weighted by Gasteiger charge is 2.08. The lowest BCUT2D eigenvalue weighted by Gasteiger charge is -2.24. The minimum Gasteiger partial charge on any atom is -0.382 e. The van der Waals surface area contributed by atoms with Crippen LogP contribution in [0.25, 0.3) is 0 Å². The van der Waals surface area contributed by atoms with Crippen LogP contribution in [0.1, 0.15) is 40.5 Å². The van der Waals surface area contributed by atoms with E-state index in [1.807, 2.05) is 16.9 Å². The van der Waals surface area contributed by atoms with Crippen molar-refractivity contribution in [3.8, 4) is 0 Å². The van der Waals surface area contributed by atoms with Crippen LogP contribution in [-0.2, 0) is 6.54 Å². The molecule has 1 rings (SSSR count). The molecule has 4 heteroatoms. The molecule has 1 aromatic heterocycles. The van der Waals surface area contributed by atoms with Gasteiger partial charge >= 0.3 is 0 Å². The maximum atomic E-state index is 5.64. The number of nitrogens with zero attached hydrogens (tertiary/aromatic N) is 3. The number of hydrogen-bond acceptors (Lipinski definition) is 3. The van der Waals surface area contributed by atoms with E-state index in [4.69, 9.17) is 5.73 Å². The summed E-state index contributed by atoms with van der Waals surface area (Å²) >= 11 is 0. The molecule has 0 aromatic carbocycles. The average Bonchev–Trinajstić information content (AvgIpc) is 2.73. The van der Waals surface area contributed by atoms with Crippen molar-refractivity contribution in [3.63, 3.8) is 0 Å². The molecule has 1 aromatic rings. The summed E-state index contributed by atoms with van der Waals surface area (Å²) in [5.41, 5.74) is 5.64. The highest BCUT2D eigenvalue weighted by atomic mass is 15.3. The van der Waals surface area contributed by atoms with Crippen molar-refractivity contribution in [2.24, 2.45) is 11.8 Å². The maximum Gasteiger partial charge on any atom is 0.145 e. The molecule has 0 saturated carbocycles. The van der Waals surface area contributed by atoms with E-state index < -0.39 is 0 Å². The lowest BCUT2D eigenvalue weighted by molar-refractivity contribution is 0.232. The summed E-state index contributed by atoms with van der Waals surface area (Å²) in [5, 5.41) is 4.24. The Morgan fingerprint density at radius 3 is 2.11 bits per heavy atom. The summed E-state index contributed by atoms with van der Waals surface area (Å²) in [6, 6.07) is 1.85. The Balaban J connectivity index is 2.38. The third-order valence-electron chi connectivity index (χ3n) is 3.35. The molecule has 1 heterocycles. The van der Waals surface area contributed by atoms with Gasteiger partial charge in [0.05, 0.1) is 6.54 Å². The van der Waals surface area contributed by atoms with E-state index in [0.717, 1.165) is 24.9 Å². The normalized spacial score (nSPS) is 11.9. The smallest absolute Gasteiger partial charge is 0.145 e. The van der Waals surface area contributed by atoms with Gasteiger partial charge in [0, 0.05) is 12.7 Å². The van der Waals surface area contributed by atoms with Gasteiger partial charge in [0.1, 0.15) is 5.82 Å². The predicted molar refractivity (Wildman–Crippen MR) is 82.0 cm³/mol. The first-order chi connectivity index (χ1) is 8.97. The van der Waals surface area contributed by atoms with Crippen LogP contribution in [0, 0.1) is 11.8 Å². The van der Waals surface area contributed by atoms with Gasteiger partial charge in [-0.2, -0.15) is 5.10 Å². The number of nitrogens with two attached hydrogens (primary N) is 1. The number of rotatable bonds is 9. The number of hydrogen-bond donors (Lipinski definition) is 1. The second kappa shape index (κ2) is 8.20. The van der Waals surface area contributed by atoms with Crippen LogP contribution in [0.3, 0.4) is 0 Å². The summed E-state index contributed by atoms with van der Waals surface area (Å²) in [6.07, 6.45) is 4.48. The van der Waals surface area contributed by atoms with Crippen molar-refractivity contribution in [3.05, 3.63) is 12.3 Å². The Morgan fingerprint density at radius 1 is 1.11 bits per heavy atom. The van der Waals surface area contributed by atoms with Gasteiger partial charge in [-0.05, 0) is 43.8 Å². The molecule has 0 unspecified atom stereocenters. The first-order valence-electron chi connectivity index (χ1n) is 7.48. The molecule has 0 aliphatic carbocycles. The molecule has 0 aliphatic heterocycles. The molecule has 0 atom stereocenters. The van der Waals surface area contributed by atoms with Crippen molar-refractivity contribution < 1.29 is 0 Å². The van der Waals surface area contributed by atoms with E-state index in [-0.39, 0.29) is 0 Å². The van der Waals surface area contributed by atoms with Gasteiger partial charge in [0.2, 0.25) is 0 Å². The van der Waals surface area contributed by atoms with Gasteiger partial charge in [0.25, 0.3) is 0 Å². The molecular formula is C15H30N4. The summed E-state index contributed by atoms with van der Waals surface area (Å²) < 4.78 is 1.94. The fourth-order valence-electron chi connectivity index (χ4n) is 1.96. The van der Waals surface area contributed by atoms with E-state index in [9.17, 15) is 0 Å². The highest BCUT2D eigenvalue weighted by molar-refractivity contribution is 5.23. The third kappa shape index (κ3) is 7.21. The lowest BCUT2D eigenvalue weighted by atomic mass is 10.1. The summed E-state index contributed by atoms with van der Waals surface area (Å²) in [7, 11) is 0. The van der Waals surface area contributed by atoms with Gasteiger partial charge in [-0.25, -0.2) is 0 Å². The maximum absolute atomic E-state index is 5.64. The highest BCUT2D eigenvalue weighted by Crippen LogP contribution is 2.07. The SMILES string of the molecule is CC(C)CCN(CCC(C)C)CCn1ccc(N)n1. The Bertz CT molecular complexity index is 332. The van der Waals surface area contributed by atoms with Crippen LogP contribution in [-0.4, -0.2) is 34.3 Å². The second-order valence-electron chi connectivity index (χ2n) is 6.21. The molecule has 0 aliphatic rings. The largest absolute Gasteiger partial charge is 0.382 e. The predicted octanol–water partition coefficient (Wildman–Crippen LogP) is 2.86. The molecule has 4 nitrogen and oxygen atoms in total. The monoisotopic (exact) mass is 266 g/mol. The van der Waals surface area contributed by atoms with E-state index >= 15 is 0 Å². The summed E-state index contributed by atoms with van der Waals surface area (Å²) in [6.45, 7) is 13.5. The zero-order valence-corrected chi connectivity index (χ0v) is 13.0. The molecule has 2 N–H and O–H groups in total. The van der Waals surface area contributed by atoms with Crippen LogP contribution in [0.4, 0.5) is 5.82 Å². The Labute approximate surface area is 118 Å². The molecule has 0 spiro atoms. The molecule has 0 saturated heterocycles. The topological polar surface area (TPSA) is 47.1 Å². The Morgan fingerprint density at radius 2 is 1.68 bits per heavy atom. The van der Waals surface area contributed by atoms with Gasteiger partial charge in [-0.1, -0.05) is 27.7 Å². The summed E-state index contributed by atoms with van der Waals surface area (Å²) in [4.78, 5) is 2.55. The number of nitrogen functional groups attached to an aromatic ring is 1. The zero-order chi connectivity index (χ0) is 14.3. The number of aromatic nitrogens is 2. The van der Waals surface area contributed by atoms with Crippen molar-refractivity contribution >= 4 is 5.82 Å². The first kappa shape index (κ1) is 16.0. The quantitative estimate of drug-likeness (QED) is 0.747. The van der Waals surface area contributed by atoms with Crippen LogP contribution in [0.15, 0.2) is 12.3 Å². The van der Waals surface area contributed by atoms with Gasteiger partial charge < -0.3 is 10.6 Å². The minimum atomic E-state index is 0.607. The second-order valence-corrected chi connectivity index (χ2v) is 6.21. The van der Waals surface area contributed by atoms with E-state index in [1.165, 1.54) is 25.9 Å². The van der Waals surface area contributed by atoms with Gasteiger partial charge in [0.15, 0.2) is 0 Å². The standard InChI is InChI=1S/C15H30N4/c1-13(2)5-8-18(9-6-14(3)4)11-12-19-10-7-15(16)17-19/h7,10,13-14H,5-6,8-9,11-12H2,1-4H3,(H2,16,17). The fourth-order valence-corrected chi connectivity index (χ4v) is 1.96. The molecule has 19 heavy (non-hydrogen) atoms. The minimum absolute atomic E-state index is 0.607. The first-order valence-corrected chi connectivity index (χ1v) is 7.48. The van der Waals surface area contributed by atoms with Crippen molar-refractivity contribution in [1.29, 1.82) is 0 Å².